The van der Waals surface area contributed by atoms with Crippen molar-refractivity contribution in [2.45, 2.75) is 6.42 Å². The summed E-state index contributed by atoms with van der Waals surface area (Å²) in [6.45, 7) is 0. The van der Waals surface area contributed by atoms with Crippen LogP contribution >= 0.6 is 0 Å². The summed E-state index contributed by atoms with van der Waals surface area (Å²) in [6, 6.07) is 13.0. The van der Waals surface area contributed by atoms with Crippen molar-refractivity contribution in [3.05, 3.63) is 65.5 Å². The SMILES string of the molecule is COc1ccccc1CC(=O)c1cccc(F)c1. The summed E-state index contributed by atoms with van der Waals surface area (Å²) in [5.74, 6) is 0.141. The number of ether oxygens (including phenoxy) is 1. The van der Waals surface area contributed by atoms with Crippen LogP contribution in [-0.2, 0) is 6.42 Å². The lowest BCUT2D eigenvalue weighted by atomic mass is 10.0. The van der Waals surface area contributed by atoms with E-state index in [0.717, 1.165) is 5.56 Å². The lowest BCUT2D eigenvalue weighted by Gasteiger charge is -2.07. The minimum Gasteiger partial charge on any atom is -0.496 e. The van der Waals surface area contributed by atoms with Crippen LogP contribution in [0.3, 0.4) is 0 Å². The fraction of sp³-hybridized carbons (Fsp3) is 0.133. The number of hydrogen-bond acceptors (Lipinski definition) is 2. The third kappa shape index (κ3) is 2.74. The van der Waals surface area contributed by atoms with E-state index < -0.39 is 5.82 Å². The molecular weight excluding hydrogens is 231 g/mol. The number of ketones is 1. The van der Waals surface area contributed by atoms with Crippen molar-refractivity contribution < 1.29 is 13.9 Å². The summed E-state index contributed by atoms with van der Waals surface area (Å²) in [5.41, 5.74) is 1.18. The standard InChI is InChI=1S/C15H13FO2/c1-18-15-8-3-2-5-12(15)10-14(17)11-6-4-7-13(16)9-11/h2-9H,10H2,1H3. The largest absolute Gasteiger partial charge is 0.496 e. The number of hydrogen-bond donors (Lipinski definition) is 0. The highest BCUT2D eigenvalue weighted by Crippen LogP contribution is 2.19. The number of benzene rings is 2. The van der Waals surface area contributed by atoms with Crippen molar-refractivity contribution in [3.63, 3.8) is 0 Å². The molecule has 2 aromatic carbocycles. The molecule has 0 heterocycles. The van der Waals surface area contributed by atoms with E-state index in [1.807, 2.05) is 18.2 Å². The molecule has 0 spiro atoms. The number of carbonyl (C=O) groups is 1. The third-order valence-electron chi connectivity index (χ3n) is 2.69. The Hall–Kier alpha value is -2.16. The van der Waals surface area contributed by atoms with Gasteiger partial charge in [-0.15, -0.1) is 0 Å². The molecule has 0 saturated heterocycles. The lowest BCUT2D eigenvalue weighted by Crippen LogP contribution is -2.05. The normalized spacial score (nSPS) is 10.1. The van der Waals surface area contributed by atoms with Crippen molar-refractivity contribution >= 4 is 5.78 Å². The van der Waals surface area contributed by atoms with Gasteiger partial charge in [-0.1, -0.05) is 30.3 Å². The Morgan fingerprint density at radius 3 is 2.67 bits per heavy atom. The molecule has 2 nitrogen and oxygen atoms in total. The molecule has 18 heavy (non-hydrogen) atoms. The Bertz CT molecular complexity index is 564. The van der Waals surface area contributed by atoms with Gasteiger partial charge in [0.2, 0.25) is 0 Å². The molecule has 0 fully saturated rings. The van der Waals surface area contributed by atoms with Crippen molar-refractivity contribution in [2.75, 3.05) is 7.11 Å². The zero-order valence-corrected chi connectivity index (χ0v) is 10.0. The van der Waals surface area contributed by atoms with Crippen LogP contribution in [0.5, 0.6) is 5.75 Å². The predicted molar refractivity (Wildman–Crippen MR) is 67.4 cm³/mol. The van der Waals surface area contributed by atoms with Gasteiger partial charge in [-0.05, 0) is 18.2 Å². The molecule has 2 rings (SSSR count). The van der Waals surface area contributed by atoms with E-state index in [9.17, 15) is 9.18 Å². The molecule has 0 bridgehead atoms. The third-order valence-corrected chi connectivity index (χ3v) is 2.69. The maximum Gasteiger partial charge on any atom is 0.167 e. The zero-order valence-electron chi connectivity index (χ0n) is 10.0. The van der Waals surface area contributed by atoms with Crippen molar-refractivity contribution in [1.29, 1.82) is 0 Å². The molecule has 0 unspecified atom stereocenters. The molecule has 0 aliphatic rings. The van der Waals surface area contributed by atoms with Gasteiger partial charge in [0.15, 0.2) is 5.78 Å². The molecule has 0 amide bonds. The number of para-hydroxylation sites is 1. The van der Waals surface area contributed by atoms with Gasteiger partial charge >= 0.3 is 0 Å². The fourth-order valence-electron chi connectivity index (χ4n) is 1.79. The van der Waals surface area contributed by atoms with Crippen LogP contribution in [0.4, 0.5) is 4.39 Å². The quantitative estimate of drug-likeness (QED) is 0.772. The molecule has 0 aliphatic carbocycles. The van der Waals surface area contributed by atoms with Crippen molar-refractivity contribution in [2.24, 2.45) is 0 Å². The molecule has 0 aromatic heterocycles. The van der Waals surface area contributed by atoms with Crippen LogP contribution in [0.25, 0.3) is 0 Å². The minimum absolute atomic E-state index is 0.126. The first-order chi connectivity index (χ1) is 8.70. The van der Waals surface area contributed by atoms with Crippen LogP contribution in [0.1, 0.15) is 15.9 Å². The van der Waals surface area contributed by atoms with E-state index in [1.54, 1.807) is 19.2 Å². The Balaban J connectivity index is 2.21. The van der Waals surface area contributed by atoms with Gasteiger partial charge in [-0.2, -0.15) is 0 Å². The van der Waals surface area contributed by atoms with E-state index in [-0.39, 0.29) is 12.2 Å². The van der Waals surface area contributed by atoms with Crippen LogP contribution in [0.2, 0.25) is 0 Å². The molecule has 0 atom stereocenters. The van der Waals surface area contributed by atoms with Gasteiger partial charge in [0.05, 0.1) is 7.11 Å². The Labute approximate surface area is 105 Å². The van der Waals surface area contributed by atoms with Gasteiger partial charge < -0.3 is 4.74 Å². The van der Waals surface area contributed by atoms with Gasteiger partial charge in [0.25, 0.3) is 0 Å². The highest BCUT2D eigenvalue weighted by atomic mass is 19.1. The molecule has 0 saturated carbocycles. The van der Waals surface area contributed by atoms with E-state index in [4.69, 9.17) is 4.74 Å². The molecular formula is C15H13FO2. The van der Waals surface area contributed by atoms with Crippen LogP contribution in [-0.4, -0.2) is 12.9 Å². The summed E-state index contributed by atoms with van der Waals surface area (Å²) < 4.78 is 18.2. The molecule has 0 aliphatic heterocycles. The predicted octanol–water partition coefficient (Wildman–Crippen LogP) is 3.26. The monoisotopic (exact) mass is 244 g/mol. The Kier molecular flexibility index (Phi) is 3.72. The highest BCUT2D eigenvalue weighted by molar-refractivity contribution is 5.97. The second kappa shape index (κ2) is 5.45. The smallest absolute Gasteiger partial charge is 0.167 e. The molecule has 3 heteroatoms. The van der Waals surface area contributed by atoms with E-state index in [0.29, 0.717) is 11.3 Å². The highest BCUT2D eigenvalue weighted by Gasteiger charge is 2.10. The maximum absolute atomic E-state index is 13.0. The number of Topliss-reactive ketones (excluding diaryl/α,β-unsaturated/α-hetero) is 1. The van der Waals surface area contributed by atoms with Gasteiger partial charge in [0.1, 0.15) is 11.6 Å². The van der Waals surface area contributed by atoms with E-state index in [1.165, 1.54) is 18.2 Å². The average molecular weight is 244 g/mol. The fourth-order valence-corrected chi connectivity index (χ4v) is 1.79. The van der Waals surface area contributed by atoms with Gasteiger partial charge in [-0.25, -0.2) is 4.39 Å². The first-order valence-electron chi connectivity index (χ1n) is 5.61. The first kappa shape index (κ1) is 12.3. The number of carbonyl (C=O) groups excluding carboxylic acids is 1. The maximum atomic E-state index is 13.0. The summed E-state index contributed by atoms with van der Waals surface area (Å²) in [5, 5.41) is 0. The molecule has 0 radical (unpaired) electrons. The van der Waals surface area contributed by atoms with Crippen LogP contribution in [0.15, 0.2) is 48.5 Å². The topological polar surface area (TPSA) is 26.3 Å². The van der Waals surface area contributed by atoms with Crippen LogP contribution < -0.4 is 4.74 Å². The molecule has 0 N–H and O–H groups in total. The van der Waals surface area contributed by atoms with E-state index in [2.05, 4.69) is 0 Å². The zero-order chi connectivity index (χ0) is 13.0. The summed E-state index contributed by atoms with van der Waals surface area (Å²) in [4.78, 5) is 12.0. The second-order valence-electron chi connectivity index (χ2n) is 3.92. The molecule has 2 aromatic rings. The summed E-state index contributed by atoms with van der Waals surface area (Å²) in [6.07, 6.45) is 0.202. The molecule has 92 valence electrons. The number of rotatable bonds is 4. The number of methoxy groups -OCH3 is 1. The summed E-state index contributed by atoms with van der Waals surface area (Å²) >= 11 is 0. The first-order valence-corrected chi connectivity index (χ1v) is 5.61. The minimum atomic E-state index is -0.402. The van der Waals surface area contributed by atoms with Crippen molar-refractivity contribution in [3.8, 4) is 5.75 Å². The van der Waals surface area contributed by atoms with Crippen LogP contribution in [0, 0.1) is 5.82 Å². The Morgan fingerprint density at radius 2 is 1.94 bits per heavy atom. The summed E-state index contributed by atoms with van der Waals surface area (Å²) in [7, 11) is 1.56. The lowest BCUT2D eigenvalue weighted by molar-refractivity contribution is 0.0991. The Morgan fingerprint density at radius 1 is 1.17 bits per heavy atom. The average Bonchev–Trinajstić information content (AvgIpc) is 2.39. The number of halogens is 1. The second-order valence-corrected chi connectivity index (χ2v) is 3.92. The van der Waals surface area contributed by atoms with Gasteiger partial charge in [0, 0.05) is 17.5 Å². The van der Waals surface area contributed by atoms with E-state index >= 15 is 0 Å². The van der Waals surface area contributed by atoms with Crippen molar-refractivity contribution in [1.82, 2.24) is 0 Å². The van der Waals surface area contributed by atoms with Gasteiger partial charge in [-0.3, -0.25) is 4.79 Å².